The number of benzene rings is 4. The number of amides is 5. The first-order valence-corrected chi connectivity index (χ1v) is 44.2. The van der Waals surface area contributed by atoms with Gasteiger partial charge in [-0.15, -0.1) is 24.0 Å². The van der Waals surface area contributed by atoms with E-state index in [0.29, 0.717) is 103 Å². The Labute approximate surface area is 741 Å². The van der Waals surface area contributed by atoms with Crippen molar-refractivity contribution in [3.05, 3.63) is 117 Å². The molecule has 2 unspecified atom stereocenters. The summed E-state index contributed by atoms with van der Waals surface area (Å²) < 4.78 is 147. The number of esters is 3. The van der Waals surface area contributed by atoms with E-state index < -0.39 is 58.9 Å². The van der Waals surface area contributed by atoms with Gasteiger partial charge in [0.05, 0.1) is 53.4 Å². The Hall–Kier alpha value is -5.75. The van der Waals surface area contributed by atoms with Crippen LogP contribution in [0.1, 0.15) is 201 Å². The van der Waals surface area contributed by atoms with Gasteiger partial charge >= 0.3 is 17.9 Å². The number of nitrogens with one attached hydrogen (secondary N) is 3. The van der Waals surface area contributed by atoms with Gasteiger partial charge in [-0.1, -0.05) is 50.3 Å². The highest BCUT2D eigenvalue weighted by Crippen LogP contribution is 2.37. The summed E-state index contributed by atoms with van der Waals surface area (Å²) >= 11 is 7.60. The smallest absolute Gasteiger partial charge is 0.338 e. The van der Waals surface area contributed by atoms with Crippen molar-refractivity contribution in [1.82, 2.24) is 35.6 Å². The van der Waals surface area contributed by atoms with Gasteiger partial charge in [0, 0.05) is 87.5 Å². The highest BCUT2D eigenvalue weighted by molar-refractivity contribution is 14.1. The Bertz CT molecular complexity index is 3980. The second-order valence-corrected chi connectivity index (χ2v) is 32.3. The third kappa shape index (κ3) is 32.1. The molecule has 119 heavy (non-hydrogen) atoms. The average Bonchev–Trinajstić information content (AvgIpc) is 1.62. The molecule has 4 aromatic carbocycles. The third-order valence-corrected chi connectivity index (χ3v) is 21.9. The lowest BCUT2D eigenvalue weighted by atomic mass is 10.0. The summed E-state index contributed by atoms with van der Waals surface area (Å²) in [5.74, 6) is 0.346. The molecule has 39 heteroatoms. The summed E-state index contributed by atoms with van der Waals surface area (Å²) in [5.41, 5.74) is 10.6. The average molecular weight is 2010 g/mol. The van der Waals surface area contributed by atoms with E-state index in [1.807, 2.05) is 43.9 Å². The van der Waals surface area contributed by atoms with Crippen molar-refractivity contribution in [2.24, 2.45) is 5.73 Å². The molecule has 0 aromatic heterocycles. The Morgan fingerprint density at radius 3 is 1.36 bits per heavy atom. The van der Waals surface area contributed by atoms with Crippen LogP contribution in [0.2, 0.25) is 0 Å². The molecular weight excluding hydrogens is 1910 g/mol. The largest absolute Gasteiger partial charge is 1.00 e. The fourth-order valence-electron chi connectivity index (χ4n) is 15.5. The lowest BCUT2D eigenvalue weighted by Crippen LogP contribution is -3.00. The fraction of sp³-hybridized carbons (Fsp3) is 0.600. The van der Waals surface area contributed by atoms with Gasteiger partial charge in [0.25, 0.3) is 25.2 Å². The van der Waals surface area contributed by atoms with Gasteiger partial charge in [-0.05, 0) is 207 Å². The lowest BCUT2D eigenvalue weighted by Gasteiger charge is -2.32. The Balaban J connectivity index is 0.000000264. The van der Waals surface area contributed by atoms with E-state index in [1.165, 1.54) is 17.7 Å². The highest BCUT2D eigenvalue weighted by Gasteiger charge is 2.42. The van der Waals surface area contributed by atoms with Crippen LogP contribution in [-0.4, -0.2) is 214 Å². The topological polar surface area (TPSA) is 293 Å². The van der Waals surface area contributed by atoms with E-state index in [9.17, 15) is 73.5 Å². The zero-order chi connectivity index (χ0) is 85.6. The second-order valence-electron chi connectivity index (χ2n) is 28.6. The number of likely N-dealkylation sites (N-methyl/N-ethyl adjacent to an activating group) is 4. The molecule has 0 spiro atoms. The number of carbonyl (C=O) groups is 8. The summed E-state index contributed by atoms with van der Waals surface area (Å²) in [4.78, 5) is 99.1. The molecule has 5 aliphatic heterocycles. The first-order chi connectivity index (χ1) is 55.9. The number of cyclic esters (lactones) is 2. The maximum absolute atomic E-state index is 12.9. The number of ether oxygens (including phenoxy) is 7. The summed E-state index contributed by atoms with van der Waals surface area (Å²) in [6, 6.07) is 20.4. The van der Waals surface area contributed by atoms with Gasteiger partial charge in [-0.3, -0.25) is 49.3 Å². The molecule has 0 radical (unpaired) electrons. The summed E-state index contributed by atoms with van der Waals surface area (Å²) in [5, 5.41) is 7.89. The third-order valence-electron chi connectivity index (χ3n) is 21.0. The van der Waals surface area contributed by atoms with Gasteiger partial charge in [0.2, 0.25) is 39.3 Å². The van der Waals surface area contributed by atoms with Gasteiger partial charge in [0.15, 0.2) is 0 Å². The molecule has 4 aliphatic carbocycles. The Morgan fingerprint density at radius 2 is 0.966 bits per heavy atom. The fourth-order valence-corrected chi connectivity index (χ4v) is 15.8. The lowest BCUT2D eigenvalue weighted by molar-refractivity contribution is -0.137. The molecule has 2 saturated heterocycles. The normalized spacial score (nSPS) is 22.5. The Kier molecular flexibility index (Phi) is 46.0. The molecule has 13 rings (SSSR count). The zero-order valence-corrected chi connectivity index (χ0v) is 74.9. The first-order valence-electron chi connectivity index (χ1n) is 39.3. The predicted molar refractivity (Wildman–Crippen MR) is 440 cm³/mol. The maximum Gasteiger partial charge on any atom is 0.338 e. The molecule has 24 nitrogen and oxygen atoms in total. The second kappa shape index (κ2) is 52.8. The van der Waals surface area contributed by atoms with Crippen molar-refractivity contribution in [2.75, 3.05) is 56.8 Å². The molecule has 4 aromatic rings. The number of piperidine rings is 2. The monoisotopic (exact) mass is 2010 g/mol. The number of halogens is 14. The number of fused-ring (bicyclic) bond motifs is 3. The molecule has 6 fully saturated rings. The number of rotatable bonds is 27. The molecule has 5 heterocycles. The van der Waals surface area contributed by atoms with E-state index in [4.69, 9.17) is 54.7 Å². The molecule has 666 valence electrons. The number of hydrogen-bond acceptors (Lipinski definition) is 21. The van der Waals surface area contributed by atoms with Crippen LogP contribution in [0.5, 0.6) is 23.0 Å². The first kappa shape index (κ1) is 104. The zero-order valence-electron chi connectivity index (χ0n) is 66.6. The SMILES string of the molecule is CCN(CC(F)F)[C@H]1CCC[C@@H]1Oc1ccc2c(c1)CN(C1CCC(=O)NC1=O)C2=O.CCN(CC(F)F)[C@H]1CCC[C@@H]1Oc1ccc2c(c1)COC2=O.CCN[C@H]1CCC[C@@H]1Oc1ccc2c(c1)COC2=O.CCOC(=O)c1ccc(O[C@H]2CCC[C@@H]2N(CC)CC(F)F)cc1CCl.Cl.FC(F)CI.NC1CCC(=O)NC1=O.O=S(Cl)Cl.[I-]. The minimum absolute atomic E-state index is 0. The molecular formula is C80H105Cl4F8I2N8O16S-. The van der Waals surface area contributed by atoms with E-state index in [2.05, 4.69) is 44.2 Å². The minimum Gasteiger partial charge on any atom is -1.00 e. The number of nitrogens with two attached hydrogens (primary N) is 1. The van der Waals surface area contributed by atoms with Crippen molar-refractivity contribution in [1.29, 1.82) is 0 Å². The summed E-state index contributed by atoms with van der Waals surface area (Å²) in [7, 11) is 7.36. The number of imide groups is 2. The molecule has 5 amide bonds. The molecule has 9 aliphatic rings. The number of nitrogens with zero attached hydrogens (tertiary/aromatic N) is 4. The van der Waals surface area contributed by atoms with Crippen LogP contribution in [0.3, 0.4) is 0 Å². The molecule has 5 N–H and O–H groups in total. The number of carbonyl (C=O) groups excluding carboxylic acids is 8. The molecule has 10 atom stereocenters. The van der Waals surface area contributed by atoms with E-state index in [0.717, 1.165) is 93.2 Å². The van der Waals surface area contributed by atoms with Crippen LogP contribution in [0.15, 0.2) is 72.8 Å². The molecule has 0 bridgehead atoms. The Morgan fingerprint density at radius 1 is 0.571 bits per heavy atom. The van der Waals surface area contributed by atoms with Gasteiger partial charge in [-0.25, -0.2) is 53.7 Å². The van der Waals surface area contributed by atoms with Crippen LogP contribution >= 0.6 is 68.0 Å². The van der Waals surface area contributed by atoms with Crippen LogP contribution in [0.25, 0.3) is 0 Å². The number of alkyl halides is 10. The van der Waals surface area contributed by atoms with Crippen molar-refractivity contribution in [3.63, 3.8) is 0 Å². The molecule has 4 saturated carbocycles. The minimum atomic E-state index is -2.38. The highest BCUT2D eigenvalue weighted by atomic mass is 127. The quantitative estimate of drug-likeness (QED) is 0.00820. The van der Waals surface area contributed by atoms with E-state index >= 15 is 0 Å². The van der Waals surface area contributed by atoms with Gasteiger partial charge < -0.3 is 73.1 Å². The van der Waals surface area contributed by atoms with Gasteiger partial charge in [-0.2, -0.15) is 0 Å². The van der Waals surface area contributed by atoms with Crippen LogP contribution < -0.4 is 64.6 Å². The van der Waals surface area contributed by atoms with Crippen molar-refractivity contribution >= 4 is 125 Å². The van der Waals surface area contributed by atoms with E-state index in [-0.39, 0.29) is 164 Å². The van der Waals surface area contributed by atoms with Gasteiger partial charge in [0.1, 0.15) is 66.7 Å². The summed E-state index contributed by atoms with van der Waals surface area (Å²) in [6.45, 7) is 12.7. The predicted octanol–water partition coefficient (Wildman–Crippen LogP) is 11.2. The van der Waals surface area contributed by atoms with Crippen molar-refractivity contribution < 1.29 is 135 Å². The number of hydrogen-bond donors (Lipinski definition) is 4. The van der Waals surface area contributed by atoms with Crippen molar-refractivity contribution in [3.8, 4) is 23.0 Å². The van der Waals surface area contributed by atoms with Crippen molar-refractivity contribution in [2.45, 2.75) is 249 Å². The van der Waals surface area contributed by atoms with Crippen LogP contribution in [0.4, 0.5) is 35.1 Å². The maximum atomic E-state index is 12.9. The standard InChI is InChI=1S/C22H27F2N3O4.C19H26ClF2NO3.C17H21F2NO3.C15H19NO3.C5H8N2O2.C2H3F2I.Cl2OS.ClH.HI/c1-2-26(12-19(23)24)16-4-3-5-18(16)31-14-6-7-15-13(10-14)11-27(22(15)30)17-8-9-20(28)25-21(17)29;1-3-23(12-18(21)22)16-6-5-7-17(16)26-14-8-9-15(13(10-14)11-20)19(24)25-4-2;1-2-20(9-16(18)19)14-4-3-5-15(14)23-12-6-7-13-11(8-12)10-22-17(13)21;1-2-16-13-4-3-5-14(13)19-11-6-7-12-10(8-11)9-18-15(12)17;6-3-1-2-4(8)7-5(3)9;3-2(4)1-5;1-4(2)3;;/h6-7,10,16-19H,2-5,8-9,11-12H2,1H3,(H,25,28,29);8-10,16-18H,3-7,11-12H2,1-2H3;6-8,14-16H,2-5,9-10H2,1H3;6-8,13-14,16H,2-5,9H2,1H3;3H,1-2,6H2,(H,7,8,9);2H,1H2;;2*1H/p-1/t16-,17?,18-;16-,17-;14-,15-;13-,14-;;;;;/m0000...../s1. The summed E-state index contributed by atoms with van der Waals surface area (Å²) in [6.07, 6.45) is 3.28. The van der Waals surface area contributed by atoms with Crippen LogP contribution in [0, 0.1) is 0 Å². The van der Waals surface area contributed by atoms with Crippen LogP contribution in [-0.2, 0) is 68.3 Å². The van der Waals surface area contributed by atoms with E-state index in [1.54, 1.807) is 93.9 Å².